The molecule has 0 heterocycles. The molecule has 1 amide bonds. The van der Waals surface area contributed by atoms with Gasteiger partial charge < -0.3 is 10.1 Å². The van der Waals surface area contributed by atoms with Gasteiger partial charge in [-0.2, -0.15) is 0 Å². The molecule has 0 saturated heterocycles. The molecule has 1 aliphatic carbocycles. The van der Waals surface area contributed by atoms with Crippen LogP contribution >= 0.6 is 0 Å². The van der Waals surface area contributed by atoms with Crippen molar-refractivity contribution in [1.82, 2.24) is 5.32 Å². The van der Waals surface area contributed by atoms with E-state index in [1.807, 2.05) is 24.3 Å². The van der Waals surface area contributed by atoms with Crippen LogP contribution in [0.3, 0.4) is 0 Å². The number of methoxy groups -OCH3 is 1. The summed E-state index contributed by atoms with van der Waals surface area (Å²) in [7, 11) is 1.59. The number of amides is 1. The van der Waals surface area contributed by atoms with Crippen LogP contribution < -0.4 is 10.1 Å². The Hall–Kier alpha value is -2.43. The van der Waals surface area contributed by atoms with Gasteiger partial charge in [-0.25, -0.2) is 8.78 Å². The quantitative estimate of drug-likeness (QED) is 0.909. The van der Waals surface area contributed by atoms with Crippen LogP contribution in [0.2, 0.25) is 0 Å². The molecule has 3 nitrogen and oxygen atoms in total. The molecular weight excluding hydrogens is 300 g/mol. The fraction of sp³-hybridized carbons (Fsp3) is 0.278. The molecule has 3 rings (SSSR count). The summed E-state index contributed by atoms with van der Waals surface area (Å²) in [6.07, 6.45) is 2.01. The summed E-state index contributed by atoms with van der Waals surface area (Å²) in [5, 5.41) is 2.83. The van der Waals surface area contributed by atoms with E-state index in [9.17, 15) is 13.6 Å². The maximum atomic E-state index is 13.7. The Balaban J connectivity index is 1.82. The molecule has 0 spiro atoms. The fourth-order valence-electron chi connectivity index (χ4n) is 2.60. The molecule has 2 aromatic rings. The number of rotatable bonds is 5. The number of halogens is 2. The lowest BCUT2D eigenvalue weighted by molar-refractivity contribution is 0.0927. The second-order valence-electron chi connectivity index (χ2n) is 5.69. The molecule has 23 heavy (non-hydrogen) atoms. The van der Waals surface area contributed by atoms with Crippen LogP contribution in [0, 0.1) is 17.6 Å². The zero-order valence-electron chi connectivity index (χ0n) is 12.7. The zero-order valence-corrected chi connectivity index (χ0v) is 12.7. The highest BCUT2D eigenvalue weighted by Gasteiger charge is 2.34. The first-order valence-electron chi connectivity index (χ1n) is 7.48. The normalized spacial score (nSPS) is 15.1. The molecule has 0 bridgehead atoms. The van der Waals surface area contributed by atoms with E-state index in [1.165, 1.54) is 0 Å². The minimum Gasteiger partial charge on any atom is -0.497 e. The number of ether oxygens (including phenoxy) is 1. The Morgan fingerprint density at radius 3 is 2.48 bits per heavy atom. The third-order valence-electron chi connectivity index (χ3n) is 4.03. The van der Waals surface area contributed by atoms with Crippen molar-refractivity contribution in [2.45, 2.75) is 18.9 Å². The highest BCUT2D eigenvalue weighted by Crippen LogP contribution is 2.41. The van der Waals surface area contributed by atoms with Gasteiger partial charge in [0.2, 0.25) is 0 Å². The number of benzene rings is 2. The molecule has 1 saturated carbocycles. The number of hydrogen-bond acceptors (Lipinski definition) is 2. The van der Waals surface area contributed by atoms with Gasteiger partial charge in [0.25, 0.3) is 5.91 Å². The summed E-state index contributed by atoms with van der Waals surface area (Å²) >= 11 is 0. The SMILES string of the molecule is COc1ccc(C(NC(=O)c2cc(F)ccc2F)C2CC2)cc1. The summed E-state index contributed by atoms with van der Waals surface area (Å²) in [5.41, 5.74) is 0.655. The van der Waals surface area contributed by atoms with Crippen LogP contribution in [0.5, 0.6) is 5.75 Å². The van der Waals surface area contributed by atoms with Gasteiger partial charge in [-0.3, -0.25) is 4.79 Å². The van der Waals surface area contributed by atoms with Crippen molar-refractivity contribution < 1.29 is 18.3 Å². The summed E-state index contributed by atoms with van der Waals surface area (Å²) in [6.45, 7) is 0. The monoisotopic (exact) mass is 317 g/mol. The van der Waals surface area contributed by atoms with Gasteiger partial charge in [-0.05, 0) is 54.7 Å². The number of carbonyl (C=O) groups excluding carboxylic acids is 1. The van der Waals surface area contributed by atoms with Crippen molar-refractivity contribution in [3.05, 3.63) is 65.2 Å². The predicted octanol–water partition coefficient (Wildman–Crippen LogP) is 3.85. The maximum absolute atomic E-state index is 13.7. The molecule has 120 valence electrons. The first-order valence-corrected chi connectivity index (χ1v) is 7.48. The first-order chi connectivity index (χ1) is 11.1. The van der Waals surface area contributed by atoms with E-state index >= 15 is 0 Å². The summed E-state index contributed by atoms with van der Waals surface area (Å²) < 4.78 is 32.1. The molecule has 1 unspecified atom stereocenters. The van der Waals surface area contributed by atoms with E-state index < -0.39 is 17.5 Å². The first kappa shape index (κ1) is 15.5. The lowest BCUT2D eigenvalue weighted by Gasteiger charge is -2.19. The van der Waals surface area contributed by atoms with Crippen molar-refractivity contribution in [2.75, 3.05) is 7.11 Å². The van der Waals surface area contributed by atoms with Gasteiger partial charge in [0.05, 0.1) is 18.7 Å². The van der Waals surface area contributed by atoms with Gasteiger partial charge in [0.15, 0.2) is 0 Å². The lowest BCUT2D eigenvalue weighted by Crippen LogP contribution is -2.30. The van der Waals surface area contributed by atoms with E-state index in [2.05, 4.69) is 5.32 Å². The lowest BCUT2D eigenvalue weighted by atomic mass is 10.0. The molecule has 1 aliphatic rings. The number of carbonyl (C=O) groups is 1. The molecule has 1 fully saturated rings. The van der Waals surface area contributed by atoms with Crippen LogP contribution in [-0.2, 0) is 0 Å². The highest BCUT2D eigenvalue weighted by atomic mass is 19.1. The largest absolute Gasteiger partial charge is 0.497 e. The zero-order chi connectivity index (χ0) is 16.4. The highest BCUT2D eigenvalue weighted by molar-refractivity contribution is 5.94. The topological polar surface area (TPSA) is 38.3 Å². The van der Waals surface area contributed by atoms with Crippen LogP contribution in [-0.4, -0.2) is 13.0 Å². The Morgan fingerprint density at radius 1 is 1.17 bits per heavy atom. The fourth-order valence-corrected chi connectivity index (χ4v) is 2.60. The van der Waals surface area contributed by atoms with E-state index in [4.69, 9.17) is 4.74 Å². The van der Waals surface area contributed by atoms with Gasteiger partial charge in [0, 0.05) is 0 Å². The van der Waals surface area contributed by atoms with E-state index in [1.54, 1.807) is 7.11 Å². The Labute approximate surface area is 133 Å². The maximum Gasteiger partial charge on any atom is 0.254 e. The van der Waals surface area contributed by atoms with Crippen molar-refractivity contribution in [3.63, 3.8) is 0 Å². The smallest absolute Gasteiger partial charge is 0.254 e. The average molecular weight is 317 g/mol. The third-order valence-corrected chi connectivity index (χ3v) is 4.03. The number of hydrogen-bond donors (Lipinski definition) is 1. The minimum absolute atomic E-state index is 0.212. The van der Waals surface area contributed by atoms with Gasteiger partial charge in [0.1, 0.15) is 17.4 Å². The summed E-state index contributed by atoms with van der Waals surface area (Å²) in [6, 6.07) is 10.1. The van der Waals surface area contributed by atoms with Crippen LogP contribution in [0.1, 0.15) is 34.8 Å². The van der Waals surface area contributed by atoms with Gasteiger partial charge >= 0.3 is 0 Å². The Bertz CT molecular complexity index is 711. The van der Waals surface area contributed by atoms with Gasteiger partial charge in [-0.15, -0.1) is 0 Å². The van der Waals surface area contributed by atoms with E-state index in [0.29, 0.717) is 5.92 Å². The van der Waals surface area contributed by atoms with Crippen LogP contribution in [0.25, 0.3) is 0 Å². The Morgan fingerprint density at radius 2 is 1.87 bits per heavy atom. The Kier molecular flexibility index (Phi) is 4.28. The van der Waals surface area contributed by atoms with Crippen molar-refractivity contribution in [3.8, 4) is 5.75 Å². The predicted molar refractivity (Wildman–Crippen MR) is 82.3 cm³/mol. The number of nitrogens with one attached hydrogen (secondary N) is 1. The van der Waals surface area contributed by atoms with Crippen LogP contribution in [0.4, 0.5) is 8.78 Å². The third kappa shape index (κ3) is 3.50. The molecule has 1 N–H and O–H groups in total. The van der Waals surface area contributed by atoms with E-state index in [0.717, 1.165) is 42.4 Å². The standard InChI is InChI=1S/C18H17F2NO2/c1-23-14-7-4-12(5-8-14)17(11-2-3-11)21-18(22)15-10-13(19)6-9-16(15)20/h4-11,17H,2-3H2,1H3,(H,21,22). The molecule has 0 aliphatic heterocycles. The summed E-state index contributed by atoms with van der Waals surface area (Å²) in [5.74, 6) is -0.915. The van der Waals surface area contributed by atoms with Gasteiger partial charge in [-0.1, -0.05) is 12.1 Å². The average Bonchev–Trinajstić information content (AvgIpc) is 3.39. The second kappa shape index (κ2) is 6.36. The molecule has 0 aromatic heterocycles. The molecular formula is C18H17F2NO2. The minimum atomic E-state index is -0.729. The molecule has 2 aromatic carbocycles. The second-order valence-corrected chi connectivity index (χ2v) is 5.69. The summed E-state index contributed by atoms with van der Waals surface area (Å²) in [4.78, 5) is 12.3. The van der Waals surface area contributed by atoms with Crippen molar-refractivity contribution >= 4 is 5.91 Å². The molecule has 1 atom stereocenters. The van der Waals surface area contributed by atoms with Crippen LogP contribution in [0.15, 0.2) is 42.5 Å². The van der Waals surface area contributed by atoms with E-state index in [-0.39, 0.29) is 11.6 Å². The molecule has 0 radical (unpaired) electrons. The molecule has 5 heteroatoms. The van der Waals surface area contributed by atoms with Crippen molar-refractivity contribution in [2.24, 2.45) is 5.92 Å². The van der Waals surface area contributed by atoms with Crippen molar-refractivity contribution in [1.29, 1.82) is 0 Å².